The zero-order valence-corrected chi connectivity index (χ0v) is 17.5. The highest BCUT2D eigenvalue weighted by atomic mass is 16.5. The molecule has 30 heavy (non-hydrogen) atoms. The molecule has 2 atom stereocenters. The largest absolute Gasteiger partial charge is 0.493 e. The molecule has 0 aromatic heterocycles. The summed E-state index contributed by atoms with van der Waals surface area (Å²) in [7, 11) is 4.49. The summed E-state index contributed by atoms with van der Waals surface area (Å²) < 4.78 is 15.3. The number of esters is 1. The number of ether oxygens (including phenoxy) is 3. The van der Waals surface area contributed by atoms with Gasteiger partial charge in [0.15, 0.2) is 11.5 Å². The number of methoxy groups -OCH3 is 3. The van der Waals surface area contributed by atoms with E-state index in [4.69, 9.17) is 9.47 Å². The maximum atomic E-state index is 13.0. The lowest BCUT2D eigenvalue weighted by atomic mass is 9.87. The molecule has 2 unspecified atom stereocenters. The van der Waals surface area contributed by atoms with Gasteiger partial charge in [0.25, 0.3) is 0 Å². The molecular weight excluding hydrogens is 384 g/mol. The first-order valence-corrected chi connectivity index (χ1v) is 9.57. The first-order valence-electron chi connectivity index (χ1n) is 9.57. The number of likely N-dealkylation sites (tertiary alicyclic amines) is 1. The number of benzene rings is 2. The Morgan fingerprint density at radius 3 is 2.40 bits per heavy atom. The SMILES string of the molecule is COC(=O)C=C(C)NC1C(=O)N(Cc2ccc(OC)c(OC)c2)C1c1ccccc1. The Labute approximate surface area is 176 Å². The average Bonchev–Trinajstić information content (AvgIpc) is 2.78. The molecule has 1 aliphatic heterocycles. The van der Waals surface area contributed by atoms with E-state index in [1.54, 1.807) is 26.0 Å². The second-order valence-corrected chi connectivity index (χ2v) is 6.98. The first-order chi connectivity index (χ1) is 14.5. The molecule has 2 aromatic rings. The average molecular weight is 410 g/mol. The summed E-state index contributed by atoms with van der Waals surface area (Å²) in [4.78, 5) is 26.3. The molecule has 1 amide bonds. The van der Waals surface area contributed by atoms with E-state index in [2.05, 4.69) is 10.1 Å². The molecule has 0 saturated carbocycles. The van der Waals surface area contributed by atoms with Gasteiger partial charge in [0.2, 0.25) is 5.91 Å². The van der Waals surface area contributed by atoms with Gasteiger partial charge in [-0.2, -0.15) is 0 Å². The normalized spacial score (nSPS) is 18.5. The lowest BCUT2D eigenvalue weighted by molar-refractivity contribution is -0.152. The highest BCUT2D eigenvalue weighted by molar-refractivity contribution is 5.90. The van der Waals surface area contributed by atoms with Gasteiger partial charge in [0.05, 0.1) is 27.4 Å². The zero-order valence-electron chi connectivity index (χ0n) is 17.5. The topological polar surface area (TPSA) is 77.1 Å². The van der Waals surface area contributed by atoms with E-state index in [1.807, 2.05) is 48.5 Å². The van der Waals surface area contributed by atoms with Crippen LogP contribution in [0.25, 0.3) is 0 Å². The van der Waals surface area contributed by atoms with Crippen molar-refractivity contribution in [2.45, 2.75) is 25.6 Å². The Kier molecular flexibility index (Phi) is 6.61. The summed E-state index contributed by atoms with van der Waals surface area (Å²) in [6, 6.07) is 14.8. The molecule has 0 aliphatic carbocycles. The van der Waals surface area contributed by atoms with Crippen LogP contribution < -0.4 is 14.8 Å². The van der Waals surface area contributed by atoms with Crippen molar-refractivity contribution in [3.8, 4) is 11.5 Å². The van der Waals surface area contributed by atoms with Crippen molar-refractivity contribution in [3.63, 3.8) is 0 Å². The minimum Gasteiger partial charge on any atom is -0.493 e. The number of rotatable bonds is 8. The second-order valence-electron chi connectivity index (χ2n) is 6.98. The van der Waals surface area contributed by atoms with Crippen LogP contribution in [-0.2, 0) is 20.9 Å². The van der Waals surface area contributed by atoms with Crippen LogP contribution in [0.3, 0.4) is 0 Å². The Morgan fingerprint density at radius 1 is 1.07 bits per heavy atom. The van der Waals surface area contributed by atoms with E-state index in [0.717, 1.165) is 11.1 Å². The lowest BCUT2D eigenvalue weighted by Crippen LogP contribution is -2.63. The Hall–Kier alpha value is -3.48. The van der Waals surface area contributed by atoms with Crippen LogP contribution in [-0.4, -0.2) is 44.1 Å². The van der Waals surface area contributed by atoms with Gasteiger partial charge in [0, 0.05) is 18.3 Å². The summed E-state index contributed by atoms with van der Waals surface area (Å²) in [5.74, 6) is 0.742. The van der Waals surface area contributed by atoms with Gasteiger partial charge in [-0.25, -0.2) is 4.79 Å². The Bertz CT molecular complexity index is 942. The summed E-state index contributed by atoms with van der Waals surface area (Å²) in [5.41, 5.74) is 2.52. The number of amides is 1. The van der Waals surface area contributed by atoms with Crippen molar-refractivity contribution < 1.29 is 23.8 Å². The van der Waals surface area contributed by atoms with E-state index in [0.29, 0.717) is 23.7 Å². The first kappa shape index (κ1) is 21.2. The quantitative estimate of drug-likeness (QED) is 0.410. The number of β-lactam (4-membered cyclic amide) rings is 1. The molecule has 158 valence electrons. The van der Waals surface area contributed by atoms with E-state index < -0.39 is 12.0 Å². The Morgan fingerprint density at radius 2 is 1.77 bits per heavy atom. The molecule has 0 bridgehead atoms. The van der Waals surface area contributed by atoms with Gasteiger partial charge < -0.3 is 24.4 Å². The summed E-state index contributed by atoms with van der Waals surface area (Å²) in [5, 5.41) is 3.16. The highest BCUT2D eigenvalue weighted by Crippen LogP contribution is 2.38. The van der Waals surface area contributed by atoms with Gasteiger partial charge in [-0.15, -0.1) is 0 Å². The molecule has 1 N–H and O–H groups in total. The van der Waals surface area contributed by atoms with Crippen LogP contribution in [0, 0.1) is 0 Å². The number of nitrogens with one attached hydrogen (secondary N) is 1. The van der Waals surface area contributed by atoms with Gasteiger partial charge in [-0.05, 0) is 30.2 Å². The maximum Gasteiger partial charge on any atom is 0.332 e. The van der Waals surface area contributed by atoms with E-state index >= 15 is 0 Å². The molecular formula is C23H26N2O5. The predicted octanol–water partition coefficient (Wildman–Crippen LogP) is 2.82. The van der Waals surface area contributed by atoms with Gasteiger partial charge in [-0.1, -0.05) is 36.4 Å². The van der Waals surface area contributed by atoms with Crippen LogP contribution >= 0.6 is 0 Å². The van der Waals surface area contributed by atoms with Gasteiger partial charge in [-0.3, -0.25) is 4.79 Å². The fourth-order valence-electron chi connectivity index (χ4n) is 3.59. The molecule has 0 radical (unpaired) electrons. The minimum atomic E-state index is -0.467. The number of carbonyl (C=O) groups excluding carboxylic acids is 2. The summed E-state index contributed by atoms with van der Waals surface area (Å²) in [6.45, 7) is 2.17. The summed E-state index contributed by atoms with van der Waals surface area (Å²) in [6.07, 6.45) is 1.34. The molecule has 7 nitrogen and oxygen atoms in total. The molecule has 0 spiro atoms. The lowest BCUT2D eigenvalue weighted by Gasteiger charge is -2.48. The Balaban J connectivity index is 1.84. The predicted molar refractivity (Wildman–Crippen MR) is 112 cm³/mol. The fourth-order valence-corrected chi connectivity index (χ4v) is 3.59. The monoisotopic (exact) mass is 410 g/mol. The highest BCUT2D eigenvalue weighted by Gasteiger charge is 2.48. The molecule has 3 rings (SSSR count). The molecule has 1 fully saturated rings. The zero-order chi connectivity index (χ0) is 21.7. The van der Waals surface area contributed by atoms with Crippen LogP contribution in [0.2, 0.25) is 0 Å². The maximum absolute atomic E-state index is 13.0. The fraction of sp³-hybridized carbons (Fsp3) is 0.304. The molecule has 2 aromatic carbocycles. The van der Waals surface area contributed by atoms with E-state index in [1.165, 1.54) is 13.2 Å². The van der Waals surface area contributed by atoms with Crippen molar-refractivity contribution >= 4 is 11.9 Å². The molecule has 1 heterocycles. The minimum absolute atomic E-state index is 0.0451. The van der Waals surface area contributed by atoms with Crippen molar-refractivity contribution in [3.05, 3.63) is 71.4 Å². The number of carbonyl (C=O) groups is 2. The molecule has 7 heteroatoms. The van der Waals surface area contributed by atoms with Crippen molar-refractivity contribution in [2.75, 3.05) is 21.3 Å². The van der Waals surface area contributed by atoms with E-state index in [-0.39, 0.29) is 11.9 Å². The van der Waals surface area contributed by atoms with E-state index in [9.17, 15) is 9.59 Å². The van der Waals surface area contributed by atoms with Crippen LogP contribution in [0.4, 0.5) is 0 Å². The van der Waals surface area contributed by atoms with Gasteiger partial charge >= 0.3 is 5.97 Å². The van der Waals surface area contributed by atoms with Crippen LogP contribution in [0.5, 0.6) is 11.5 Å². The van der Waals surface area contributed by atoms with Gasteiger partial charge in [0.1, 0.15) is 6.04 Å². The standard InChI is InChI=1S/C23H26N2O5/c1-15(12-20(26)30-4)24-21-22(17-8-6-5-7-9-17)25(23(21)27)14-16-10-11-18(28-2)19(13-16)29-3/h5-13,21-22,24H,14H2,1-4H3. The number of hydrogen-bond acceptors (Lipinski definition) is 6. The number of hydrogen-bond donors (Lipinski definition) is 1. The van der Waals surface area contributed by atoms with Crippen molar-refractivity contribution in [1.29, 1.82) is 0 Å². The van der Waals surface area contributed by atoms with Crippen molar-refractivity contribution in [1.82, 2.24) is 10.2 Å². The van der Waals surface area contributed by atoms with Crippen LogP contribution in [0.15, 0.2) is 60.3 Å². The van der Waals surface area contributed by atoms with Crippen molar-refractivity contribution in [2.24, 2.45) is 0 Å². The number of nitrogens with zero attached hydrogens (tertiary/aromatic N) is 1. The van der Waals surface area contributed by atoms with Crippen LogP contribution in [0.1, 0.15) is 24.1 Å². The third-order valence-corrected chi connectivity index (χ3v) is 5.06. The summed E-state index contributed by atoms with van der Waals surface area (Å²) >= 11 is 0. The molecule has 1 saturated heterocycles. The number of allylic oxidation sites excluding steroid dienone is 1. The third-order valence-electron chi connectivity index (χ3n) is 5.06. The molecule has 1 aliphatic rings. The smallest absolute Gasteiger partial charge is 0.332 e. The second kappa shape index (κ2) is 9.35. The third kappa shape index (κ3) is 4.40.